The molecule has 41 heavy (non-hydrogen) atoms. The highest BCUT2D eigenvalue weighted by Gasteiger charge is 2.25. The summed E-state index contributed by atoms with van der Waals surface area (Å²) < 4.78 is 0. The fourth-order valence-corrected chi connectivity index (χ4v) is 5.66. The fourth-order valence-electron chi connectivity index (χ4n) is 5.66. The molecule has 2 N–H and O–H groups in total. The van der Waals surface area contributed by atoms with Crippen molar-refractivity contribution in [1.82, 2.24) is 10.3 Å². The summed E-state index contributed by atoms with van der Waals surface area (Å²) in [5.74, 6) is 0.123. The quantitative estimate of drug-likeness (QED) is 0.235. The molecule has 1 unspecified atom stereocenters. The van der Waals surface area contributed by atoms with Crippen LogP contribution in [0.5, 0.6) is 0 Å². The minimum absolute atomic E-state index is 0.0742. The zero-order chi connectivity index (χ0) is 28.4. The maximum atomic E-state index is 13.6. The molecule has 0 spiro atoms. The number of anilines is 2. The number of hydrogen-bond acceptors (Lipinski definition) is 4. The molecule has 1 atom stereocenters. The molecule has 6 nitrogen and oxygen atoms in total. The number of rotatable bonds is 10. The largest absolute Gasteiger partial charge is 0.371 e. The summed E-state index contributed by atoms with van der Waals surface area (Å²) in [5.41, 5.74) is 5.39. The molecule has 2 amide bonds. The second kappa shape index (κ2) is 13.8. The lowest BCUT2D eigenvalue weighted by Crippen LogP contribution is -2.36. The van der Waals surface area contributed by atoms with Crippen molar-refractivity contribution in [2.24, 2.45) is 5.92 Å². The van der Waals surface area contributed by atoms with Gasteiger partial charge in [0.1, 0.15) is 0 Å². The molecule has 0 saturated carbocycles. The second-order valence-electron chi connectivity index (χ2n) is 10.8. The van der Waals surface area contributed by atoms with E-state index in [0.717, 1.165) is 49.2 Å². The molecule has 2 heterocycles. The van der Waals surface area contributed by atoms with Crippen LogP contribution in [0.3, 0.4) is 0 Å². The van der Waals surface area contributed by atoms with Crippen LogP contribution in [0.1, 0.15) is 59.2 Å². The van der Waals surface area contributed by atoms with Crippen molar-refractivity contribution in [3.05, 3.63) is 126 Å². The number of pyridine rings is 1. The smallest absolute Gasteiger partial charge is 0.253 e. The predicted molar refractivity (Wildman–Crippen MR) is 165 cm³/mol. The first-order chi connectivity index (χ1) is 20.1. The van der Waals surface area contributed by atoms with Gasteiger partial charge in [0.15, 0.2) is 0 Å². The molecule has 0 aliphatic carbocycles. The lowest BCUT2D eigenvalue weighted by atomic mass is 9.89. The minimum Gasteiger partial charge on any atom is -0.371 e. The first-order valence-corrected chi connectivity index (χ1v) is 14.6. The third kappa shape index (κ3) is 7.40. The highest BCUT2D eigenvalue weighted by Crippen LogP contribution is 2.31. The van der Waals surface area contributed by atoms with E-state index in [1.165, 1.54) is 5.56 Å². The average Bonchev–Trinajstić information content (AvgIpc) is 3.02. The predicted octanol–water partition coefficient (Wildman–Crippen LogP) is 6.60. The summed E-state index contributed by atoms with van der Waals surface area (Å²) in [7, 11) is 0. The van der Waals surface area contributed by atoms with Crippen LogP contribution in [0.4, 0.5) is 11.4 Å². The van der Waals surface area contributed by atoms with Crippen molar-refractivity contribution in [3.8, 4) is 0 Å². The number of hydrogen-bond donors (Lipinski definition) is 2. The van der Waals surface area contributed by atoms with Gasteiger partial charge in [0.05, 0.1) is 11.5 Å². The van der Waals surface area contributed by atoms with E-state index in [1.807, 2.05) is 67.6 Å². The average molecular weight is 547 g/mol. The van der Waals surface area contributed by atoms with Gasteiger partial charge >= 0.3 is 0 Å². The number of carbonyl (C=O) groups excluding carboxylic acids is 2. The highest BCUT2D eigenvalue weighted by molar-refractivity contribution is 6.02. The summed E-state index contributed by atoms with van der Waals surface area (Å²) in [4.78, 5) is 33.3. The van der Waals surface area contributed by atoms with Gasteiger partial charge < -0.3 is 15.5 Å². The Balaban J connectivity index is 1.33. The van der Waals surface area contributed by atoms with Gasteiger partial charge in [-0.15, -0.1) is 0 Å². The minimum atomic E-state index is -0.262. The normalized spacial score (nSPS) is 14.3. The molecule has 4 aromatic rings. The zero-order valence-corrected chi connectivity index (χ0v) is 23.6. The van der Waals surface area contributed by atoms with Crippen molar-refractivity contribution in [1.29, 1.82) is 0 Å². The summed E-state index contributed by atoms with van der Waals surface area (Å²) in [6, 6.07) is 30.0. The molecule has 1 saturated heterocycles. The molecule has 3 aromatic carbocycles. The number of benzene rings is 3. The molecule has 1 fully saturated rings. The molecular weight excluding hydrogens is 508 g/mol. The van der Waals surface area contributed by atoms with Gasteiger partial charge in [-0.3, -0.25) is 14.6 Å². The lowest BCUT2D eigenvalue weighted by Gasteiger charge is -2.35. The number of piperidine rings is 1. The van der Waals surface area contributed by atoms with Crippen LogP contribution in [0.15, 0.2) is 103 Å². The summed E-state index contributed by atoms with van der Waals surface area (Å²) >= 11 is 0. The number of amides is 2. The number of nitrogens with zero attached hydrogens (tertiary/aromatic N) is 2. The molecular formula is C35H38N4O2. The van der Waals surface area contributed by atoms with Gasteiger partial charge in [-0.2, -0.15) is 0 Å². The Morgan fingerprint density at radius 1 is 0.902 bits per heavy atom. The number of aromatic nitrogens is 1. The summed E-state index contributed by atoms with van der Waals surface area (Å²) in [6.45, 7) is 4.17. The molecule has 0 bridgehead atoms. The van der Waals surface area contributed by atoms with E-state index in [1.54, 1.807) is 12.4 Å². The topological polar surface area (TPSA) is 74.3 Å². The first-order valence-electron chi connectivity index (χ1n) is 14.6. The second-order valence-corrected chi connectivity index (χ2v) is 10.8. The van der Waals surface area contributed by atoms with Gasteiger partial charge in [-0.05, 0) is 72.6 Å². The third-order valence-corrected chi connectivity index (χ3v) is 7.93. The Morgan fingerprint density at radius 2 is 1.61 bits per heavy atom. The van der Waals surface area contributed by atoms with Crippen LogP contribution in [-0.2, 0) is 17.8 Å². The van der Waals surface area contributed by atoms with Crippen molar-refractivity contribution in [3.63, 3.8) is 0 Å². The molecule has 5 rings (SSSR count). The zero-order valence-electron chi connectivity index (χ0n) is 23.6. The monoisotopic (exact) mass is 546 g/mol. The van der Waals surface area contributed by atoms with Gasteiger partial charge in [-0.1, -0.05) is 73.7 Å². The van der Waals surface area contributed by atoms with Crippen LogP contribution < -0.4 is 15.5 Å². The van der Waals surface area contributed by atoms with Gasteiger partial charge in [0.2, 0.25) is 5.91 Å². The first kappa shape index (κ1) is 28.1. The molecule has 6 heteroatoms. The highest BCUT2D eigenvalue weighted by atomic mass is 16.2. The summed E-state index contributed by atoms with van der Waals surface area (Å²) in [5, 5.41) is 6.14. The van der Waals surface area contributed by atoms with Crippen molar-refractivity contribution < 1.29 is 9.59 Å². The van der Waals surface area contributed by atoms with E-state index in [2.05, 4.69) is 50.8 Å². The van der Waals surface area contributed by atoms with Crippen molar-refractivity contribution >= 4 is 23.2 Å². The van der Waals surface area contributed by atoms with Crippen LogP contribution in [0.2, 0.25) is 0 Å². The maximum Gasteiger partial charge on any atom is 0.253 e. The van der Waals surface area contributed by atoms with Crippen molar-refractivity contribution in [2.75, 3.05) is 23.3 Å². The molecule has 0 radical (unpaired) electrons. The molecule has 1 aliphatic heterocycles. The number of carbonyl (C=O) groups is 2. The Hall–Kier alpha value is -4.45. The Kier molecular flexibility index (Phi) is 9.42. The SMILES string of the molecule is CCC(C(=O)Nc1ccc(N2CCC(Cc3ccccc3)CC2)c(C(=O)NCc2cccnc2)c1)c1ccccc1. The van der Waals surface area contributed by atoms with Crippen LogP contribution >= 0.6 is 0 Å². The third-order valence-electron chi connectivity index (χ3n) is 7.93. The molecule has 1 aliphatic rings. The Morgan fingerprint density at radius 3 is 2.29 bits per heavy atom. The molecule has 210 valence electrons. The maximum absolute atomic E-state index is 13.6. The molecule has 1 aromatic heterocycles. The number of nitrogens with one attached hydrogen (secondary N) is 2. The lowest BCUT2D eigenvalue weighted by molar-refractivity contribution is -0.117. The summed E-state index contributed by atoms with van der Waals surface area (Å²) in [6.07, 6.45) is 7.38. The van der Waals surface area contributed by atoms with E-state index < -0.39 is 0 Å². The van der Waals surface area contributed by atoms with E-state index in [0.29, 0.717) is 30.1 Å². The van der Waals surface area contributed by atoms with E-state index in [-0.39, 0.29) is 17.7 Å². The van der Waals surface area contributed by atoms with E-state index >= 15 is 0 Å². The van der Waals surface area contributed by atoms with Crippen LogP contribution in [-0.4, -0.2) is 29.9 Å². The van der Waals surface area contributed by atoms with E-state index in [4.69, 9.17) is 0 Å². The Bertz CT molecular complexity index is 1420. The fraction of sp³-hybridized carbons (Fsp3) is 0.286. The Labute approximate surface area is 242 Å². The van der Waals surface area contributed by atoms with Crippen LogP contribution in [0.25, 0.3) is 0 Å². The van der Waals surface area contributed by atoms with Gasteiger partial charge in [0.25, 0.3) is 5.91 Å². The standard InChI is InChI=1S/C35H38N4O2/c1-2-31(29-13-7-4-8-14-29)35(41)38-30-15-16-33(32(23-30)34(40)37-25-28-12-9-19-36-24-28)39-20-17-27(18-21-39)22-26-10-5-3-6-11-26/h3-16,19,23-24,27,31H,2,17-18,20-22,25H2,1H3,(H,37,40)(H,38,41). The van der Waals surface area contributed by atoms with Gasteiger partial charge in [-0.25, -0.2) is 0 Å². The van der Waals surface area contributed by atoms with E-state index in [9.17, 15) is 9.59 Å². The van der Waals surface area contributed by atoms with Gasteiger partial charge in [0, 0.05) is 43.4 Å². The van der Waals surface area contributed by atoms with Crippen molar-refractivity contribution in [2.45, 2.75) is 45.1 Å². The van der Waals surface area contributed by atoms with Crippen LogP contribution in [0, 0.1) is 5.92 Å².